The standard InChI is InChI=1S/C11H15F3O7S/c12-8(11(13,14)22(18,19)20)5-21-10(17)7-4-2-1-3-6(7)9(15)16/h6-8H,1-5H2,(H,15,16)(H,18,19,20)/p-2. The molecule has 1 saturated carbocycles. The molecule has 128 valence electrons. The number of hydrogen-bond donors (Lipinski definition) is 0. The number of esters is 1. The van der Waals surface area contributed by atoms with Gasteiger partial charge in [-0.15, -0.1) is 0 Å². The number of carboxylic acid groups (broad SMARTS) is 1. The molecule has 0 heterocycles. The Labute approximate surface area is 124 Å². The zero-order valence-corrected chi connectivity index (χ0v) is 12.0. The van der Waals surface area contributed by atoms with Crippen molar-refractivity contribution >= 4 is 22.1 Å². The van der Waals surface area contributed by atoms with Gasteiger partial charge in [-0.3, -0.25) is 4.79 Å². The van der Waals surface area contributed by atoms with Gasteiger partial charge in [0, 0.05) is 11.9 Å². The minimum absolute atomic E-state index is 0.102. The van der Waals surface area contributed by atoms with Crippen LogP contribution in [0.25, 0.3) is 0 Å². The molecular weight excluding hydrogens is 333 g/mol. The van der Waals surface area contributed by atoms with Gasteiger partial charge in [0.25, 0.3) is 0 Å². The molecule has 0 aromatic heterocycles. The Kier molecular flexibility index (Phi) is 5.79. The van der Waals surface area contributed by atoms with Crippen LogP contribution in [0, 0.1) is 11.8 Å². The SMILES string of the molecule is O=C([O-])C1CCCCC1C(=O)OCC(F)C(F)(F)S(=O)(=O)[O-]. The number of aliphatic carboxylic acids is 1. The van der Waals surface area contributed by atoms with Gasteiger partial charge in [-0.2, -0.15) is 8.78 Å². The zero-order chi connectivity index (χ0) is 17.1. The van der Waals surface area contributed by atoms with E-state index in [2.05, 4.69) is 4.74 Å². The second-order valence-electron chi connectivity index (χ2n) is 4.93. The lowest BCUT2D eigenvalue weighted by Gasteiger charge is -2.31. The summed E-state index contributed by atoms with van der Waals surface area (Å²) in [6, 6.07) is 0. The van der Waals surface area contributed by atoms with Crippen molar-refractivity contribution in [3.05, 3.63) is 0 Å². The second-order valence-corrected chi connectivity index (χ2v) is 6.38. The van der Waals surface area contributed by atoms with E-state index in [0.717, 1.165) is 0 Å². The molecule has 7 nitrogen and oxygen atoms in total. The fraction of sp³-hybridized carbons (Fsp3) is 0.818. The van der Waals surface area contributed by atoms with Crippen molar-refractivity contribution in [2.45, 2.75) is 37.1 Å². The maximum atomic E-state index is 13.1. The fourth-order valence-corrected chi connectivity index (χ4v) is 2.59. The van der Waals surface area contributed by atoms with Crippen LogP contribution < -0.4 is 5.11 Å². The summed E-state index contributed by atoms with van der Waals surface area (Å²) in [5.74, 6) is -5.10. The Bertz CT molecular complexity index is 534. The quantitative estimate of drug-likeness (QED) is 0.472. The number of halogens is 3. The lowest BCUT2D eigenvalue weighted by atomic mass is 9.79. The highest BCUT2D eigenvalue weighted by Gasteiger charge is 2.48. The molecule has 0 bridgehead atoms. The van der Waals surface area contributed by atoms with Crippen molar-refractivity contribution < 1.29 is 45.6 Å². The smallest absolute Gasteiger partial charge is 0.368 e. The molecule has 0 radical (unpaired) electrons. The van der Waals surface area contributed by atoms with Crippen LogP contribution in [0.5, 0.6) is 0 Å². The number of alkyl halides is 3. The summed E-state index contributed by atoms with van der Waals surface area (Å²) in [7, 11) is -6.25. The molecule has 3 atom stereocenters. The molecule has 1 aliphatic carbocycles. The van der Waals surface area contributed by atoms with Gasteiger partial charge in [-0.25, -0.2) is 12.8 Å². The van der Waals surface area contributed by atoms with E-state index in [1.54, 1.807) is 0 Å². The number of carboxylic acids is 1. The Balaban J connectivity index is 2.67. The van der Waals surface area contributed by atoms with Gasteiger partial charge in [-0.05, 0) is 12.8 Å². The van der Waals surface area contributed by atoms with E-state index in [4.69, 9.17) is 0 Å². The summed E-state index contributed by atoms with van der Waals surface area (Å²) in [5, 5.41) is 5.62. The summed E-state index contributed by atoms with van der Waals surface area (Å²) in [6.45, 7) is -1.66. The zero-order valence-electron chi connectivity index (χ0n) is 11.2. The highest BCUT2D eigenvalue weighted by atomic mass is 32.2. The first-order chi connectivity index (χ1) is 9.98. The second kappa shape index (κ2) is 6.82. The first kappa shape index (κ1) is 18.7. The third-order valence-corrected chi connectivity index (χ3v) is 4.36. The van der Waals surface area contributed by atoms with Gasteiger partial charge < -0.3 is 19.2 Å². The topological polar surface area (TPSA) is 124 Å². The van der Waals surface area contributed by atoms with E-state index in [-0.39, 0.29) is 12.8 Å². The van der Waals surface area contributed by atoms with Gasteiger partial charge in [0.05, 0.1) is 5.92 Å². The van der Waals surface area contributed by atoms with E-state index in [1.807, 2.05) is 0 Å². The molecule has 0 aromatic carbocycles. The summed E-state index contributed by atoms with van der Waals surface area (Å²) in [6.07, 6.45) is -2.28. The molecule has 1 fully saturated rings. The van der Waals surface area contributed by atoms with Gasteiger partial charge in [0.1, 0.15) is 6.61 Å². The Morgan fingerprint density at radius 2 is 1.73 bits per heavy atom. The molecule has 0 aromatic rings. The number of rotatable bonds is 6. The van der Waals surface area contributed by atoms with Crippen LogP contribution in [0.1, 0.15) is 25.7 Å². The summed E-state index contributed by atoms with van der Waals surface area (Å²) < 4.78 is 73.7. The third-order valence-electron chi connectivity index (χ3n) is 3.44. The van der Waals surface area contributed by atoms with E-state index >= 15 is 0 Å². The molecule has 0 spiro atoms. The minimum atomic E-state index is -6.25. The van der Waals surface area contributed by atoms with Crippen LogP contribution in [0.3, 0.4) is 0 Å². The van der Waals surface area contributed by atoms with Gasteiger partial charge in [0.2, 0.25) is 6.17 Å². The monoisotopic (exact) mass is 346 g/mol. The van der Waals surface area contributed by atoms with E-state index in [0.29, 0.717) is 12.8 Å². The lowest BCUT2D eigenvalue weighted by molar-refractivity contribution is -0.314. The van der Waals surface area contributed by atoms with Crippen molar-refractivity contribution in [2.24, 2.45) is 11.8 Å². The lowest BCUT2D eigenvalue weighted by Crippen LogP contribution is -2.44. The molecular formula is C11H13F3O7S-2. The summed E-state index contributed by atoms with van der Waals surface area (Å²) >= 11 is 0. The normalized spacial score (nSPS) is 24.5. The van der Waals surface area contributed by atoms with Crippen molar-refractivity contribution in [3.63, 3.8) is 0 Å². The third kappa shape index (κ3) is 4.09. The number of hydrogen-bond acceptors (Lipinski definition) is 7. The van der Waals surface area contributed by atoms with Gasteiger partial charge in [-0.1, -0.05) is 12.8 Å². The number of carbonyl (C=O) groups is 2. The predicted molar refractivity (Wildman–Crippen MR) is 61.0 cm³/mol. The van der Waals surface area contributed by atoms with Crippen LogP contribution in [0.4, 0.5) is 13.2 Å². The molecule has 11 heteroatoms. The van der Waals surface area contributed by atoms with E-state index in [1.165, 1.54) is 0 Å². The molecule has 1 aliphatic rings. The minimum Gasteiger partial charge on any atom is -0.743 e. The Morgan fingerprint density at radius 3 is 2.18 bits per heavy atom. The van der Waals surface area contributed by atoms with Crippen LogP contribution in [-0.4, -0.2) is 42.9 Å². The number of carbonyl (C=O) groups excluding carboxylic acids is 2. The van der Waals surface area contributed by atoms with E-state index < -0.39 is 51.9 Å². The Hall–Kier alpha value is -1.36. The van der Waals surface area contributed by atoms with Crippen LogP contribution in [-0.2, 0) is 24.4 Å². The summed E-state index contributed by atoms with van der Waals surface area (Å²) in [4.78, 5) is 22.5. The fourth-order valence-electron chi connectivity index (χ4n) is 2.21. The first-order valence-electron chi connectivity index (χ1n) is 6.33. The van der Waals surface area contributed by atoms with Crippen molar-refractivity contribution in [1.29, 1.82) is 0 Å². The predicted octanol–water partition coefficient (Wildman–Crippen LogP) is -0.438. The van der Waals surface area contributed by atoms with Crippen molar-refractivity contribution in [3.8, 4) is 0 Å². The maximum Gasteiger partial charge on any atom is 0.368 e. The molecule has 0 N–H and O–H groups in total. The molecule has 0 saturated heterocycles. The molecule has 1 rings (SSSR count). The Morgan fingerprint density at radius 1 is 1.23 bits per heavy atom. The van der Waals surface area contributed by atoms with Crippen LogP contribution >= 0.6 is 0 Å². The van der Waals surface area contributed by atoms with Crippen molar-refractivity contribution in [1.82, 2.24) is 0 Å². The first-order valence-corrected chi connectivity index (χ1v) is 7.74. The highest BCUT2D eigenvalue weighted by molar-refractivity contribution is 7.86. The molecule has 0 aliphatic heterocycles. The number of ether oxygens (including phenoxy) is 1. The largest absolute Gasteiger partial charge is 0.743 e. The average Bonchev–Trinajstić information content (AvgIpc) is 2.42. The van der Waals surface area contributed by atoms with Gasteiger partial charge in [0.15, 0.2) is 10.1 Å². The van der Waals surface area contributed by atoms with E-state index in [9.17, 15) is 40.8 Å². The summed E-state index contributed by atoms with van der Waals surface area (Å²) in [5.41, 5.74) is 0. The maximum absolute atomic E-state index is 13.1. The van der Waals surface area contributed by atoms with Crippen LogP contribution in [0.15, 0.2) is 0 Å². The average molecular weight is 346 g/mol. The van der Waals surface area contributed by atoms with Crippen molar-refractivity contribution in [2.75, 3.05) is 6.61 Å². The molecule has 22 heavy (non-hydrogen) atoms. The molecule has 0 amide bonds. The molecule has 3 unspecified atom stereocenters. The van der Waals surface area contributed by atoms with Gasteiger partial charge >= 0.3 is 11.2 Å². The highest BCUT2D eigenvalue weighted by Crippen LogP contribution is 2.32. The van der Waals surface area contributed by atoms with Crippen LogP contribution in [0.2, 0.25) is 0 Å².